The number of rotatable bonds is 6. The van der Waals surface area contributed by atoms with Gasteiger partial charge in [-0.05, 0) is 25.1 Å². The number of carbonyl (C=O) groups is 2. The molecule has 0 fully saturated rings. The summed E-state index contributed by atoms with van der Waals surface area (Å²) >= 11 is 11.7. The number of benzene rings is 2. The van der Waals surface area contributed by atoms with E-state index in [9.17, 15) is 19.7 Å². The summed E-state index contributed by atoms with van der Waals surface area (Å²) in [5.41, 5.74) is 5.41. The zero-order chi connectivity index (χ0) is 21.0. The van der Waals surface area contributed by atoms with Crippen LogP contribution in [0.25, 0.3) is 0 Å². The maximum Gasteiger partial charge on any atom is 0.341 e. The molecule has 11 heteroatoms. The molecule has 0 aromatic heterocycles. The minimum absolute atomic E-state index is 0.0379. The van der Waals surface area contributed by atoms with Gasteiger partial charge >= 0.3 is 5.97 Å². The number of nitrogen functional groups attached to an aromatic ring is 1. The number of carbonyl (C=O) groups excluding carboxylic acids is 2. The maximum absolute atomic E-state index is 12.4. The highest BCUT2D eigenvalue weighted by atomic mass is 35.5. The summed E-state index contributed by atoms with van der Waals surface area (Å²) in [6.45, 7) is 1.32. The number of nitrogens with two attached hydrogens (primary N) is 1. The van der Waals surface area contributed by atoms with Crippen LogP contribution >= 0.6 is 23.2 Å². The molecule has 0 aliphatic heterocycles. The van der Waals surface area contributed by atoms with Gasteiger partial charge < -0.3 is 20.5 Å². The molecule has 0 radical (unpaired) electrons. The van der Waals surface area contributed by atoms with E-state index in [1.54, 1.807) is 0 Å². The third-order valence-electron chi connectivity index (χ3n) is 3.62. The zero-order valence-corrected chi connectivity index (χ0v) is 16.2. The van der Waals surface area contributed by atoms with Crippen molar-refractivity contribution in [2.75, 3.05) is 18.2 Å². The Hall–Kier alpha value is -3.04. The van der Waals surface area contributed by atoms with E-state index in [1.807, 2.05) is 0 Å². The van der Waals surface area contributed by atoms with Crippen molar-refractivity contribution in [1.29, 1.82) is 0 Å². The molecule has 2 aromatic carbocycles. The lowest BCUT2D eigenvalue weighted by Gasteiger charge is -2.16. The van der Waals surface area contributed by atoms with Crippen molar-refractivity contribution in [2.45, 2.75) is 13.0 Å². The van der Waals surface area contributed by atoms with Gasteiger partial charge in [0.2, 0.25) is 0 Å². The van der Waals surface area contributed by atoms with Crippen LogP contribution in [0.3, 0.4) is 0 Å². The van der Waals surface area contributed by atoms with E-state index in [0.29, 0.717) is 0 Å². The monoisotopic (exact) mass is 427 g/mol. The normalized spacial score (nSPS) is 11.4. The molecule has 0 unspecified atom stereocenters. The van der Waals surface area contributed by atoms with Crippen LogP contribution in [0, 0.1) is 10.1 Å². The summed E-state index contributed by atoms with van der Waals surface area (Å²) in [5, 5.41) is 13.6. The molecule has 2 aromatic rings. The number of esters is 1. The van der Waals surface area contributed by atoms with Crippen LogP contribution in [-0.2, 0) is 9.53 Å². The number of nitrogens with zero attached hydrogens (tertiary/aromatic N) is 1. The quantitative estimate of drug-likeness (QED) is 0.310. The van der Waals surface area contributed by atoms with Gasteiger partial charge in [0.25, 0.3) is 11.6 Å². The van der Waals surface area contributed by atoms with Crippen molar-refractivity contribution in [1.82, 2.24) is 0 Å². The molecule has 0 bridgehead atoms. The molecular formula is C17H15Cl2N3O6. The number of ether oxygens (including phenoxy) is 2. The van der Waals surface area contributed by atoms with E-state index >= 15 is 0 Å². The van der Waals surface area contributed by atoms with Crippen LogP contribution in [0.5, 0.6) is 5.75 Å². The van der Waals surface area contributed by atoms with E-state index in [0.717, 1.165) is 6.07 Å². The molecule has 0 saturated carbocycles. The number of methoxy groups -OCH3 is 1. The van der Waals surface area contributed by atoms with Crippen LogP contribution in [0.15, 0.2) is 30.3 Å². The zero-order valence-electron chi connectivity index (χ0n) is 14.7. The molecular weight excluding hydrogens is 413 g/mol. The molecule has 28 heavy (non-hydrogen) atoms. The largest absolute Gasteiger partial charge is 0.495 e. The second kappa shape index (κ2) is 8.77. The van der Waals surface area contributed by atoms with Gasteiger partial charge in [-0.3, -0.25) is 14.9 Å². The van der Waals surface area contributed by atoms with Crippen LogP contribution in [0.1, 0.15) is 17.3 Å². The molecule has 2 rings (SSSR count). The first-order valence-electron chi connectivity index (χ1n) is 7.72. The topological polar surface area (TPSA) is 134 Å². The molecule has 3 N–H and O–H groups in total. The summed E-state index contributed by atoms with van der Waals surface area (Å²) in [5.74, 6) is -1.45. The fourth-order valence-corrected chi connectivity index (χ4v) is 2.67. The SMILES string of the molecule is COc1ccc([N+](=O)[O-])cc1NC(=O)[C@@H](C)OC(=O)c1cc(Cl)cc(Cl)c1N. The smallest absolute Gasteiger partial charge is 0.341 e. The maximum atomic E-state index is 12.4. The highest BCUT2D eigenvalue weighted by molar-refractivity contribution is 6.37. The third kappa shape index (κ3) is 4.81. The van der Waals surface area contributed by atoms with Gasteiger partial charge in [0.15, 0.2) is 6.10 Å². The summed E-state index contributed by atoms with van der Waals surface area (Å²) in [4.78, 5) is 34.9. The number of nitro groups is 1. The standard InChI is InChI=1S/C17H15Cl2N3O6/c1-8(28-17(24)11-5-9(18)6-12(19)15(11)20)16(23)21-13-7-10(22(25)26)3-4-14(13)27-2/h3-8H,20H2,1-2H3,(H,21,23)/t8-/m1/s1. The average Bonchev–Trinajstić information content (AvgIpc) is 2.64. The van der Waals surface area contributed by atoms with Crippen molar-refractivity contribution in [3.63, 3.8) is 0 Å². The molecule has 9 nitrogen and oxygen atoms in total. The van der Waals surface area contributed by atoms with E-state index in [2.05, 4.69) is 5.32 Å². The third-order valence-corrected chi connectivity index (χ3v) is 4.15. The number of non-ortho nitro benzene ring substituents is 1. The van der Waals surface area contributed by atoms with Crippen LogP contribution in [-0.4, -0.2) is 30.0 Å². The van der Waals surface area contributed by atoms with Crippen molar-refractivity contribution >= 4 is 52.1 Å². The van der Waals surface area contributed by atoms with Crippen molar-refractivity contribution < 1.29 is 24.0 Å². The Morgan fingerprint density at radius 2 is 1.93 bits per heavy atom. The Bertz CT molecular complexity index is 951. The second-order valence-corrected chi connectivity index (χ2v) is 6.37. The predicted octanol–water partition coefficient (Wildman–Crippen LogP) is 3.68. The minimum Gasteiger partial charge on any atom is -0.495 e. The van der Waals surface area contributed by atoms with Gasteiger partial charge in [-0.15, -0.1) is 0 Å². The number of anilines is 2. The van der Waals surface area contributed by atoms with Crippen LogP contribution in [0.2, 0.25) is 10.0 Å². The van der Waals surface area contributed by atoms with E-state index in [-0.39, 0.29) is 38.4 Å². The lowest BCUT2D eigenvalue weighted by Crippen LogP contribution is -2.30. The van der Waals surface area contributed by atoms with Crippen molar-refractivity contribution in [3.05, 3.63) is 56.1 Å². The Morgan fingerprint density at radius 1 is 1.25 bits per heavy atom. The number of hydrogen-bond donors (Lipinski definition) is 2. The highest BCUT2D eigenvalue weighted by Gasteiger charge is 2.23. The summed E-state index contributed by atoms with van der Waals surface area (Å²) in [6, 6.07) is 6.31. The predicted molar refractivity (Wildman–Crippen MR) is 104 cm³/mol. The highest BCUT2D eigenvalue weighted by Crippen LogP contribution is 2.30. The first-order chi connectivity index (χ1) is 13.1. The first-order valence-corrected chi connectivity index (χ1v) is 8.48. The van der Waals surface area contributed by atoms with Gasteiger partial charge in [0.1, 0.15) is 5.75 Å². The Labute approximate surface area is 169 Å². The van der Waals surface area contributed by atoms with E-state index in [4.69, 9.17) is 38.4 Å². The summed E-state index contributed by atoms with van der Waals surface area (Å²) in [6.07, 6.45) is -1.26. The van der Waals surface area contributed by atoms with Crippen molar-refractivity contribution in [2.24, 2.45) is 0 Å². The van der Waals surface area contributed by atoms with Gasteiger partial charge in [-0.1, -0.05) is 23.2 Å². The average molecular weight is 428 g/mol. The molecule has 1 atom stereocenters. The molecule has 0 aliphatic carbocycles. The Balaban J connectivity index is 2.17. The lowest BCUT2D eigenvalue weighted by molar-refractivity contribution is -0.384. The number of nitro benzene ring substituents is 1. The molecule has 0 spiro atoms. The summed E-state index contributed by atoms with van der Waals surface area (Å²) < 4.78 is 10.2. The van der Waals surface area contributed by atoms with Crippen LogP contribution < -0.4 is 15.8 Å². The van der Waals surface area contributed by atoms with Gasteiger partial charge in [0, 0.05) is 17.2 Å². The Kier molecular flexibility index (Phi) is 6.66. The molecule has 1 amide bonds. The van der Waals surface area contributed by atoms with Gasteiger partial charge in [-0.25, -0.2) is 4.79 Å². The minimum atomic E-state index is -1.26. The molecule has 0 aliphatic rings. The number of halogens is 2. The number of hydrogen-bond acceptors (Lipinski definition) is 7. The number of amides is 1. The summed E-state index contributed by atoms with van der Waals surface area (Å²) in [7, 11) is 1.34. The van der Waals surface area contributed by atoms with E-state index in [1.165, 1.54) is 38.3 Å². The molecule has 0 saturated heterocycles. The lowest BCUT2D eigenvalue weighted by atomic mass is 10.2. The molecule has 148 valence electrons. The van der Waals surface area contributed by atoms with Crippen LogP contribution in [0.4, 0.5) is 17.1 Å². The van der Waals surface area contributed by atoms with E-state index < -0.39 is 22.9 Å². The fourth-order valence-electron chi connectivity index (χ4n) is 2.17. The Morgan fingerprint density at radius 3 is 2.54 bits per heavy atom. The fraction of sp³-hybridized carbons (Fsp3) is 0.176. The van der Waals surface area contributed by atoms with Gasteiger partial charge in [0.05, 0.1) is 34.0 Å². The van der Waals surface area contributed by atoms with Crippen molar-refractivity contribution in [3.8, 4) is 5.75 Å². The molecule has 0 heterocycles. The second-order valence-electron chi connectivity index (χ2n) is 5.53. The van der Waals surface area contributed by atoms with Gasteiger partial charge in [-0.2, -0.15) is 0 Å². The first kappa shape index (κ1) is 21.3. The number of nitrogens with one attached hydrogen (secondary N) is 1.